The number of carbonyl (C=O) groups excluding carboxylic acids is 1. The van der Waals surface area contributed by atoms with Crippen molar-refractivity contribution in [1.29, 1.82) is 0 Å². The highest BCUT2D eigenvalue weighted by Crippen LogP contribution is 2.33. The first-order valence-corrected chi connectivity index (χ1v) is 4.31. The minimum atomic E-state index is -4.09. The smallest absolute Gasteiger partial charge is 0.324 e. The van der Waals surface area contributed by atoms with Crippen LogP contribution in [0.4, 0.5) is 0 Å². The Kier molecular flexibility index (Phi) is 3.04. The van der Waals surface area contributed by atoms with E-state index in [1.165, 1.54) is 0 Å². The van der Waals surface area contributed by atoms with E-state index in [0.717, 1.165) is 0 Å². The monoisotopic (exact) mass is 152 g/mol. The SMILES string of the molecule is CCC(=O)CP(=O)(O)O. The highest BCUT2D eigenvalue weighted by atomic mass is 31.2. The van der Waals surface area contributed by atoms with Crippen molar-refractivity contribution in [2.24, 2.45) is 0 Å². The fraction of sp³-hybridized carbons (Fsp3) is 0.750. The van der Waals surface area contributed by atoms with Gasteiger partial charge in [0.25, 0.3) is 0 Å². The largest absolute Gasteiger partial charge is 0.332 e. The van der Waals surface area contributed by atoms with Crippen molar-refractivity contribution >= 4 is 13.4 Å². The fourth-order valence-electron chi connectivity index (χ4n) is 0.342. The first-order chi connectivity index (χ1) is 3.95. The van der Waals surface area contributed by atoms with Gasteiger partial charge in [0.05, 0.1) is 0 Å². The summed E-state index contributed by atoms with van der Waals surface area (Å²) in [6, 6.07) is 0. The molecule has 0 radical (unpaired) electrons. The van der Waals surface area contributed by atoms with E-state index in [9.17, 15) is 9.36 Å². The summed E-state index contributed by atoms with van der Waals surface area (Å²) in [7, 11) is -4.09. The van der Waals surface area contributed by atoms with E-state index in [2.05, 4.69) is 0 Å². The first kappa shape index (κ1) is 8.82. The van der Waals surface area contributed by atoms with Gasteiger partial charge in [-0.3, -0.25) is 9.36 Å². The zero-order valence-electron chi connectivity index (χ0n) is 5.07. The molecule has 0 spiro atoms. The molecule has 0 heterocycles. The predicted octanol–water partition coefficient (Wildman–Crippen LogP) is 0.143. The molecule has 0 rings (SSSR count). The Morgan fingerprint density at radius 3 is 2.11 bits per heavy atom. The van der Waals surface area contributed by atoms with Crippen molar-refractivity contribution in [3.63, 3.8) is 0 Å². The molecule has 0 aliphatic carbocycles. The molecule has 0 saturated carbocycles. The predicted molar refractivity (Wildman–Crippen MR) is 32.2 cm³/mol. The van der Waals surface area contributed by atoms with E-state index in [4.69, 9.17) is 9.79 Å². The molecule has 4 nitrogen and oxygen atoms in total. The summed E-state index contributed by atoms with van der Waals surface area (Å²) < 4.78 is 10.1. The molecule has 9 heavy (non-hydrogen) atoms. The van der Waals surface area contributed by atoms with Crippen LogP contribution in [-0.4, -0.2) is 21.7 Å². The third kappa shape index (κ3) is 5.69. The van der Waals surface area contributed by atoms with Gasteiger partial charge in [-0.05, 0) is 0 Å². The van der Waals surface area contributed by atoms with E-state index in [-0.39, 0.29) is 6.42 Å². The lowest BCUT2D eigenvalue weighted by Gasteiger charge is -1.98. The maximum atomic E-state index is 10.3. The lowest BCUT2D eigenvalue weighted by molar-refractivity contribution is -0.116. The van der Waals surface area contributed by atoms with Gasteiger partial charge in [0, 0.05) is 6.42 Å². The second kappa shape index (κ2) is 3.11. The molecule has 0 aliphatic heterocycles. The molecule has 0 aromatic rings. The van der Waals surface area contributed by atoms with Crippen LogP contribution in [0.25, 0.3) is 0 Å². The molecule has 0 aromatic carbocycles. The zero-order valence-corrected chi connectivity index (χ0v) is 5.97. The lowest BCUT2D eigenvalue weighted by atomic mass is 10.4. The van der Waals surface area contributed by atoms with Crippen LogP contribution in [0.2, 0.25) is 0 Å². The van der Waals surface area contributed by atoms with E-state index in [0.29, 0.717) is 0 Å². The van der Waals surface area contributed by atoms with Crippen LogP contribution < -0.4 is 0 Å². The van der Waals surface area contributed by atoms with Gasteiger partial charge in [-0.1, -0.05) is 6.92 Å². The van der Waals surface area contributed by atoms with Crippen LogP contribution >= 0.6 is 7.60 Å². The number of rotatable bonds is 3. The molecular formula is C4H9O4P. The molecule has 0 unspecified atom stereocenters. The molecule has 0 atom stereocenters. The van der Waals surface area contributed by atoms with Crippen LogP contribution in [0.15, 0.2) is 0 Å². The van der Waals surface area contributed by atoms with Gasteiger partial charge in [-0.2, -0.15) is 0 Å². The molecule has 2 N–H and O–H groups in total. The van der Waals surface area contributed by atoms with Crippen molar-refractivity contribution in [3.05, 3.63) is 0 Å². The molecule has 0 aromatic heterocycles. The van der Waals surface area contributed by atoms with Gasteiger partial charge in [0.1, 0.15) is 11.9 Å². The maximum absolute atomic E-state index is 10.3. The normalized spacial score (nSPS) is 11.4. The van der Waals surface area contributed by atoms with Crippen molar-refractivity contribution in [2.75, 3.05) is 6.16 Å². The first-order valence-electron chi connectivity index (χ1n) is 2.52. The Hall–Kier alpha value is -0.180. The third-order valence-corrected chi connectivity index (χ3v) is 1.54. The minimum Gasteiger partial charge on any atom is -0.324 e. The molecule has 0 aliphatic rings. The highest BCUT2D eigenvalue weighted by Gasteiger charge is 2.16. The van der Waals surface area contributed by atoms with Crippen molar-refractivity contribution in [2.45, 2.75) is 13.3 Å². The highest BCUT2D eigenvalue weighted by molar-refractivity contribution is 7.52. The Morgan fingerprint density at radius 1 is 1.56 bits per heavy atom. The third-order valence-electron chi connectivity index (χ3n) is 0.777. The topological polar surface area (TPSA) is 74.6 Å². The van der Waals surface area contributed by atoms with Gasteiger partial charge < -0.3 is 9.79 Å². The number of hydrogen-bond acceptors (Lipinski definition) is 2. The molecule has 54 valence electrons. The Labute approximate surface area is 53.0 Å². The van der Waals surface area contributed by atoms with Crippen molar-refractivity contribution in [3.8, 4) is 0 Å². The summed E-state index contributed by atoms with van der Waals surface area (Å²) >= 11 is 0. The quantitative estimate of drug-likeness (QED) is 0.564. The van der Waals surface area contributed by atoms with Crippen LogP contribution in [0, 0.1) is 0 Å². The fourth-order valence-corrected chi connectivity index (χ4v) is 1.02. The zero-order chi connectivity index (χ0) is 7.49. The van der Waals surface area contributed by atoms with Crippen LogP contribution in [-0.2, 0) is 9.36 Å². The van der Waals surface area contributed by atoms with Crippen molar-refractivity contribution < 1.29 is 19.1 Å². The molecule has 0 fully saturated rings. The maximum Gasteiger partial charge on any atom is 0.332 e. The summed E-state index contributed by atoms with van der Waals surface area (Å²) in [5, 5.41) is 0. The standard InChI is InChI=1S/C4H9O4P/c1-2-4(5)3-9(6,7)8/h2-3H2,1H3,(H2,6,7,8). The van der Waals surface area contributed by atoms with Crippen LogP contribution in [0.1, 0.15) is 13.3 Å². The van der Waals surface area contributed by atoms with Gasteiger partial charge >= 0.3 is 7.60 Å². The van der Waals surface area contributed by atoms with Crippen LogP contribution in [0.5, 0.6) is 0 Å². The number of ketones is 1. The van der Waals surface area contributed by atoms with E-state index >= 15 is 0 Å². The summed E-state index contributed by atoms with van der Waals surface area (Å²) in [4.78, 5) is 26.8. The molecule has 0 amide bonds. The Morgan fingerprint density at radius 2 is 2.00 bits per heavy atom. The van der Waals surface area contributed by atoms with Gasteiger partial charge in [-0.15, -0.1) is 0 Å². The second-order valence-electron chi connectivity index (χ2n) is 1.72. The number of carbonyl (C=O) groups is 1. The average molecular weight is 152 g/mol. The molecule has 0 bridgehead atoms. The van der Waals surface area contributed by atoms with E-state index in [1.807, 2.05) is 0 Å². The number of hydrogen-bond donors (Lipinski definition) is 2. The van der Waals surface area contributed by atoms with E-state index < -0.39 is 19.5 Å². The van der Waals surface area contributed by atoms with Gasteiger partial charge in [-0.25, -0.2) is 0 Å². The summed E-state index contributed by atoms with van der Waals surface area (Å²) in [6.45, 7) is 1.57. The molecule has 5 heteroatoms. The summed E-state index contributed by atoms with van der Waals surface area (Å²) in [5.74, 6) is -0.400. The Balaban J connectivity index is 3.75. The number of Topliss-reactive ketones (excluding diaryl/α,β-unsaturated/α-hetero) is 1. The van der Waals surface area contributed by atoms with Gasteiger partial charge in [0.2, 0.25) is 0 Å². The van der Waals surface area contributed by atoms with Crippen LogP contribution in [0.3, 0.4) is 0 Å². The van der Waals surface area contributed by atoms with Gasteiger partial charge in [0.15, 0.2) is 0 Å². The lowest BCUT2D eigenvalue weighted by Crippen LogP contribution is -2.02. The summed E-state index contributed by atoms with van der Waals surface area (Å²) in [5.41, 5.74) is 0. The summed E-state index contributed by atoms with van der Waals surface area (Å²) in [6.07, 6.45) is -0.436. The molecule has 0 saturated heterocycles. The minimum absolute atomic E-state index is 0.186. The Bertz CT molecular complexity index is 147. The average Bonchev–Trinajstić information content (AvgIpc) is 1.62. The molecular weight excluding hydrogens is 143 g/mol. The second-order valence-corrected chi connectivity index (χ2v) is 3.36. The van der Waals surface area contributed by atoms with Crippen molar-refractivity contribution in [1.82, 2.24) is 0 Å². The van der Waals surface area contributed by atoms with E-state index in [1.54, 1.807) is 6.92 Å².